The molecule has 2 heterocycles. The maximum Gasteiger partial charge on any atom is 0.410 e. The van der Waals surface area contributed by atoms with Crippen molar-refractivity contribution in [2.45, 2.75) is 51.8 Å². The molecule has 0 aromatic carbocycles. The van der Waals surface area contributed by atoms with Gasteiger partial charge in [-0.25, -0.2) is 9.78 Å². The minimum Gasteiger partial charge on any atom is -0.444 e. The number of amides is 1. The van der Waals surface area contributed by atoms with Crippen LogP contribution < -0.4 is 0 Å². The van der Waals surface area contributed by atoms with Gasteiger partial charge in [-0.1, -0.05) is 11.6 Å². The fourth-order valence-electron chi connectivity index (χ4n) is 2.62. The van der Waals surface area contributed by atoms with Crippen LogP contribution in [-0.2, 0) is 11.3 Å². The number of nitrogens with zero attached hydrogens (tertiary/aromatic N) is 4. The van der Waals surface area contributed by atoms with Crippen LogP contribution in [0, 0.1) is 0 Å². The van der Waals surface area contributed by atoms with Gasteiger partial charge in [-0.05, 0) is 40.7 Å². The molecule has 128 valence electrons. The molecule has 6 nitrogen and oxygen atoms in total. The summed E-state index contributed by atoms with van der Waals surface area (Å²) >= 11 is 5.75. The minimum absolute atomic E-state index is 0.220. The van der Waals surface area contributed by atoms with E-state index in [0.717, 1.165) is 38.2 Å². The van der Waals surface area contributed by atoms with Gasteiger partial charge < -0.3 is 9.64 Å². The van der Waals surface area contributed by atoms with Gasteiger partial charge in [0, 0.05) is 25.7 Å². The van der Waals surface area contributed by atoms with Crippen LogP contribution >= 0.6 is 11.6 Å². The normalized spacial score (nSPS) is 16.7. The lowest BCUT2D eigenvalue weighted by atomic mass is 10.0. The largest absolute Gasteiger partial charge is 0.444 e. The first kappa shape index (κ1) is 17.9. The molecule has 0 spiro atoms. The van der Waals surface area contributed by atoms with Gasteiger partial charge in [0.25, 0.3) is 0 Å². The van der Waals surface area contributed by atoms with Crippen LogP contribution in [0.25, 0.3) is 0 Å². The number of carbonyl (C=O) groups excluding carboxylic acids is 1. The molecule has 0 atom stereocenters. The van der Waals surface area contributed by atoms with E-state index in [-0.39, 0.29) is 6.09 Å². The summed E-state index contributed by atoms with van der Waals surface area (Å²) in [5.74, 6) is 0. The van der Waals surface area contributed by atoms with Gasteiger partial charge in [0.1, 0.15) is 10.8 Å². The summed E-state index contributed by atoms with van der Waals surface area (Å²) in [6, 6.07) is 0.422. The first-order valence-electron chi connectivity index (χ1n) is 7.89. The number of ether oxygens (including phenoxy) is 1. The maximum atomic E-state index is 12.1. The Hall–Kier alpha value is -1.40. The third kappa shape index (κ3) is 5.62. The second kappa shape index (κ2) is 7.45. The lowest BCUT2D eigenvalue weighted by Crippen LogP contribution is -2.46. The van der Waals surface area contributed by atoms with Crippen LogP contribution in [0.2, 0.25) is 5.15 Å². The van der Waals surface area contributed by atoms with Crippen LogP contribution in [-0.4, -0.2) is 57.6 Å². The zero-order valence-electron chi connectivity index (χ0n) is 14.3. The molecular weight excluding hydrogens is 316 g/mol. The van der Waals surface area contributed by atoms with E-state index in [1.165, 1.54) is 0 Å². The Labute approximate surface area is 142 Å². The van der Waals surface area contributed by atoms with Crippen molar-refractivity contribution in [3.05, 3.63) is 23.2 Å². The van der Waals surface area contributed by atoms with Crippen molar-refractivity contribution in [3.63, 3.8) is 0 Å². The van der Waals surface area contributed by atoms with Gasteiger partial charge in [0.15, 0.2) is 0 Å². The highest BCUT2D eigenvalue weighted by Crippen LogP contribution is 2.19. The second-order valence-electron chi connectivity index (χ2n) is 6.94. The molecule has 0 saturated carbocycles. The van der Waals surface area contributed by atoms with Crippen LogP contribution in [0.4, 0.5) is 4.79 Å². The summed E-state index contributed by atoms with van der Waals surface area (Å²) in [6.07, 6.45) is 4.90. The molecule has 0 bridgehead atoms. The molecule has 1 amide bonds. The SMILES string of the molecule is CN(Cc1cnc(Cl)cn1)C1CCN(C(=O)OC(C)(C)C)CC1. The topological polar surface area (TPSA) is 58.6 Å². The molecule has 1 saturated heterocycles. The number of piperidine rings is 1. The average molecular weight is 341 g/mol. The van der Waals surface area contributed by atoms with E-state index in [9.17, 15) is 4.79 Å². The zero-order chi connectivity index (χ0) is 17.0. The number of aromatic nitrogens is 2. The Morgan fingerprint density at radius 1 is 1.35 bits per heavy atom. The number of halogens is 1. The minimum atomic E-state index is -0.446. The molecule has 1 aliphatic rings. The van der Waals surface area contributed by atoms with E-state index in [1.54, 1.807) is 17.3 Å². The predicted octanol–water partition coefficient (Wildman–Crippen LogP) is 2.96. The molecule has 23 heavy (non-hydrogen) atoms. The quantitative estimate of drug-likeness (QED) is 0.846. The van der Waals surface area contributed by atoms with E-state index in [1.807, 2.05) is 20.8 Å². The monoisotopic (exact) mass is 340 g/mol. The van der Waals surface area contributed by atoms with Crippen LogP contribution in [0.15, 0.2) is 12.4 Å². The molecule has 1 aliphatic heterocycles. The van der Waals surface area contributed by atoms with Crippen molar-refractivity contribution < 1.29 is 9.53 Å². The third-order valence-electron chi connectivity index (χ3n) is 3.82. The third-order valence-corrected chi connectivity index (χ3v) is 4.02. The van der Waals surface area contributed by atoms with Crippen molar-refractivity contribution in [1.82, 2.24) is 19.8 Å². The molecule has 0 N–H and O–H groups in total. The van der Waals surface area contributed by atoms with Crippen LogP contribution in [0.3, 0.4) is 0 Å². The molecule has 0 radical (unpaired) electrons. The molecular formula is C16H25ClN4O2. The molecule has 0 aliphatic carbocycles. The van der Waals surface area contributed by atoms with E-state index >= 15 is 0 Å². The van der Waals surface area contributed by atoms with Crippen molar-refractivity contribution in [3.8, 4) is 0 Å². The van der Waals surface area contributed by atoms with Crippen LogP contribution in [0.1, 0.15) is 39.3 Å². The molecule has 0 unspecified atom stereocenters. The summed E-state index contributed by atoms with van der Waals surface area (Å²) in [4.78, 5) is 24.4. The van der Waals surface area contributed by atoms with Gasteiger partial charge in [0.05, 0.1) is 18.1 Å². The Morgan fingerprint density at radius 2 is 2.00 bits per heavy atom. The molecule has 1 fully saturated rings. The summed E-state index contributed by atoms with van der Waals surface area (Å²) < 4.78 is 5.42. The predicted molar refractivity (Wildman–Crippen MR) is 89.3 cm³/mol. The maximum absolute atomic E-state index is 12.1. The number of hydrogen-bond donors (Lipinski definition) is 0. The standard InChI is InChI=1S/C16H25ClN4O2/c1-16(2,3)23-15(22)21-7-5-13(6-8-21)20(4)11-12-9-19-14(17)10-18-12/h9-10,13H,5-8,11H2,1-4H3. The second-order valence-corrected chi connectivity index (χ2v) is 7.33. The van der Waals surface area contributed by atoms with Gasteiger partial charge >= 0.3 is 6.09 Å². The first-order valence-corrected chi connectivity index (χ1v) is 8.27. The summed E-state index contributed by atoms with van der Waals surface area (Å²) in [5, 5.41) is 0.405. The molecule has 1 aromatic rings. The Kier molecular flexibility index (Phi) is 5.81. The lowest BCUT2D eigenvalue weighted by Gasteiger charge is -2.37. The van der Waals surface area contributed by atoms with E-state index in [0.29, 0.717) is 11.2 Å². The fraction of sp³-hybridized carbons (Fsp3) is 0.688. The number of carbonyl (C=O) groups is 1. The van der Waals surface area contributed by atoms with E-state index in [2.05, 4.69) is 21.9 Å². The summed E-state index contributed by atoms with van der Waals surface area (Å²) in [7, 11) is 2.07. The van der Waals surface area contributed by atoms with Crippen molar-refractivity contribution in [2.75, 3.05) is 20.1 Å². The van der Waals surface area contributed by atoms with Gasteiger partial charge in [-0.3, -0.25) is 9.88 Å². The smallest absolute Gasteiger partial charge is 0.410 e. The van der Waals surface area contributed by atoms with E-state index < -0.39 is 5.60 Å². The molecule has 7 heteroatoms. The first-order chi connectivity index (χ1) is 10.7. The Morgan fingerprint density at radius 3 is 2.52 bits per heavy atom. The summed E-state index contributed by atoms with van der Waals surface area (Å²) in [6.45, 7) is 7.82. The number of likely N-dealkylation sites (tertiary alicyclic amines) is 1. The molecule has 1 aromatic heterocycles. The zero-order valence-corrected chi connectivity index (χ0v) is 15.0. The fourth-order valence-corrected chi connectivity index (χ4v) is 2.72. The molecule has 2 rings (SSSR count). The van der Waals surface area contributed by atoms with Gasteiger partial charge in [-0.2, -0.15) is 0 Å². The van der Waals surface area contributed by atoms with E-state index in [4.69, 9.17) is 16.3 Å². The van der Waals surface area contributed by atoms with Crippen molar-refractivity contribution in [2.24, 2.45) is 0 Å². The Bertz CT molecular complexity index is 522. The van der Waals surface area contributed by atoms with Crippen molar-refractivity contribution >= 4 is 17.7 Å². The highest BCUT2D eigenvalue weighted by atomic mass is 35.5. The number of hydrogen-bond acceptors (Lipinski definition) is 5. The summed E-state index contributed by atoms with van der Waals surface area (Å²) in [5.41, 5.74) is 0.448. The highest BCUT2D eigenvalue weighted by molar-refractivity contribution is 6.29. The highest BCUT2D eigenvalue weighted by Gasteiger charge is 2.28. The van der Waals surface area contributed by atoms with Crippen molar-refractivity contribution in [1.29, 1.82) is 0 Å². The van der Waals surface area contributed by atoms with Crippen LogP contribution in [0.5, 0.6) is 0 Å². The van der Waals surface area contributed by atoms with Gasteiger partial charge in [0.2, 0.25) is 0 Å². The Balaban J connectivity index is 1.81. The lowest BCUT2D eigenvalue weighted by molar-refractivity contribution is 0.0152. The number of rotatable bonds is 3. The van der Waals surface area contributed by atoms with Gasteiger partial charge in [-0.15, -0.1) is 0 Å². The average Bonchev–Trinajstić information content (AvgIpc) is 2.48.